The highest BCUT2D eigenvalue weighted by molar-refractivity contribution is 5.71. The summed E-state index contributed by atoms with van der Waals surface area (Å²) in [5, 5.41) is 0. The molecule has 0 aliphatic rings. The third kappa shape index (κ3) is 58.3. The van der Waals surface area contributed by atoms with Crippen molar-refractivity contribution in [2.45, 2.75) is 258 Å². The van der Waals surface area contributed by atoms with Crippen molar-refractivity contribution >= 4 is 17.9 Å². The largest absolute Gasteiger partial charge is 0.462 e. The normalized spacial score (nSPS) is 13.1. The Balaban J connectivity index is 4.24. The van der Waals surface area contributed by atoms with Crippen LogP contribution in [0.15, 0.2) is 134 Å². The molecule has 73 heavy (non-hydrogen) atoms. The molecule has 0 aromatic carbocycles. The predicted molar refractivity (Wildman–Crippen MR) is 316 cm³/mol. The van der Waals surface area contributed by atoms with Crippen LogP contribution in [0, 0.1) is 0 Å². The van der Waals surface area contributed by atoms with Crippen LogP contribution >= 0.6 is 0 Å². The van der Waals surface area contributed by atoms with Crippen LogP contribution in [0.4, 0.5) is 0 Å². The van der Waals surface area contributed by atoms with Crippen molar-refractivity contribution in [2.24, 2.45) is 0 Å². The van der Waals surface area contributed by atoms with Gasteiger partial charge in [0.25, 0.3) is 0 Å². The summed E-state index contributed by atoms with van der Waals surface area (Å²) in [4.78, 5) is 38.0. The van der Waals surface area contributed by atoms with Crippen molar-refractivity contribution in [3.8, 4) is 0 Å². The monoisotopic (exact) mass is 1010 g/mol. The minimum absolute atomic E-state index is 0.0949. The molecule has 1 atom stereocenters. The second kappa shape index (κ2) is 60.1. The van der Waals surface area contributed by atoms with Gasteiger partial charge in [0.2, 0.25) is 0 Å². The molecule has 1 unspecified atom stereocenters. The molecule has 0 bridgehead atoms. The average molecular weight is 1010 g/mol. The third-order valence-corrected chi connectivity index (χ3v) is 12.1. The fourth-order valence-electron chi connectivity index (χ4n) is 7.67. The van der Waals surface area contributed by atoms with E-state index in [1.165, 1.54) is 44.9 Å². The lowest BCUT2D eigenvalue weighted by atomic mass is 10.1. The Hall–Kier alpha value is -4.45. The first kappa shape index (κ1) is 68.6. The zero-order valence-corrected chi connectivity index (χ0v) is 47.1. The molecule has 0 saturated heterocycles. The van der Waals surface area contributed by atoms with Crippen LogP contribution in [0.2, 0.25) is 0 Å². The van der Waals surface area contributed by atoms with E-state index in [0.717, 1.165) is 167 Å². The first-order valence-electron chi connectivity index (χ1n) is 29.7. The molecule has 0 aromatic rings. The standard InChI is InChI=1S/C67H108O6/c1-4-7-10-13-16-19-22-24-25-26-27-28-29-30-31-32-33-34-35-36-37-38-39-40-41-42-43-44-46-48-51-54-57-60-66(69)72-63-64(62-71-65(68)59-56-53-50-47-21-18-15-12-9-6-3)73-67(70)61-58-55-52-49-45-23-20-17-14-11-8-5-2/h7,10,12,15-17,19-20,24-25,27-28,30-31,33-34,36-37,39-40,42-43,64H,4-6,8-9,11,13-14,18,21-23,26,29,32,35,38,41,44-63H2,1-3H3/b10-7-,15-12-,19-16-,20-17-,25-24-,28-27-,31-30-,34-33-,37-36-,40-39-,43-42-. The molecule has 0 heterocycles. The maximum atomic E-state index is 12.8. The molecular formula is C67H108O6. The van der Waals surface area contributed by atoms with Crippen LogP contribution in [-0.4, -0.2) is 37.2 Å². The summed E-state index contributed by atoms with van der Waals surface area (Å²) in [5.74, 6) is -0.940. The van der Waals surface area contributed by atoms with Crippen molar-refractivity contribution in [2.75, 3.05) is 13.2 Å². The van der Waals surface area contributed by atoms with E-state index in [9.17, 15) is 14.4 Å². The number of allylic oxidation sites excluding steroid dienone is 22. The fourth-order valence-corrected chi connectivity index (χ4v) is 7.67. The summed E-state index contributed by atoms with van der Waals surface area (Å²) < 4.78 is 16.8. The Kier molecular flexibility index (Phi) is 56.4. The van der Waals surface area contributed by atoms with E-state index >= 15 is 0 Å². The Labute approximate surface area is 449 Å². The van der Waals surface area contributed by atoms with E-state index in [1.807, 2.05) is 0 Å². The van der Waals surface area contributed by atoms with Crippen molar-refractivity contribution in [3.63, 3.8) is 0 Å². The van der Waals surface area contributed by atoms with E-state index in [-0.39, 0.29) is 31.1 Å². The summed E-state index contributed by atoms with van der Waals surface area (Å²) in [5.41, 5.74) is 0. The number of hydrogen-bond donors (Lipinski definition) is 0. The molecule has 0 aliphatic carbocycles. The maximum absolute atomic E-state index is 12.8. The first-order valence-corrected chi connectivity index (χ1v) is 29.7. The number of carbonyl (C=O) groups is 3. The van der Waals surface area contributed by atoms with E-state index < -0.39 is 6.10 Å². The van der Waals surface area contributed by atoms with Gasteiger partial charge in [-0.1, -0.05) is 231 Å². The Morgan fingerprint density at radius 1 is 0.288 bits per heavy atom. The number of carbonyl (C=O) groups excluding carboxylic acids is 3. The van der Waals surface area contributed by atoms with Gasteiger partial charge < -0.3 is 14.2 Å². The molecule has 0 rings (SSSR count). The van der Waals surface area contributed by atoms with Gasteiger partial charge in [-0.3, -0.25) is 14.4 Å². The van der Waals surface area contributed by atoms with Gasteiger partial charge in [0, 0.05) is 19.3 Å². The van der Waals surface area contributed by atoms with Gasteiger partial charge in [-0.15, -0.1) is 0 Å². The van der Waals surface area contributed by atoms with Gasteiger partial charge in [-0.25, -0.2) is 0 Å². The molecular weight excluding hydrogens is 901 g/mol. The van der Waals surface area contributed by atoms with Crippen LogP contribution in [0.1, 0.15) is 252 Å². The quantitative estimate of drug-likeness (QED) is 0.0261. The summed E-state index contributed by atoms with van der Waals surface area (Å²) in [6.07, 6.45) is 84.6. The van der Waals surface area contributed by atoms with Crippen LogP contribution < -0.4 is 0 Å². The number of rotatable bonds is 52. The number of unbranched alkanes of at least 4 members (excludes halogenated alkanes) is 19. The number of esters is 3. The average Bonchev–Trinajstić information content (AvgIpc) is 3.39. The second-order valence-electron chi connectivity index (χ2n) is 19.2. The van der Waals surface area contributed by atoms with E-state index in [4.69, 9.17) is 14.2 Å². The highest BCUT2D eigenvalue weighted by Gasteiger charge is 2.19. The number of ether oxygens (including phenoxy) is 3. The second-order valence-corrected chi connectivity index (χ2v) is 19.2. The Morgan fingerprint density at radius 3 is 0.904 bits per heavy atom. The van der Waals surface area contributed by atoms with Gasteiger partial charge in [0.15, 0.2) is 6.10 Å². The molecule has 0 spiro atoms. The molecule has 0 saturated carbocycles. The lowest BCUT2D eigenvalue weighted by Crippen LogP contribution is -2.30. The SMILES string of the molecule is CC/C=C\C/C=C\C/C=C\C/C=C\C/C=C\C/C=C\C/C=C\C/C=C\C/C=C\CCCCCCCC(=O)OCC(COC(=O)CCCCCCC/C=C\CCC)OC(=O)CCCCCCC/C=C\CCCCC. The van der Waals surface area contributed by atoms with Gasteiger partial charge in [-0.2, -0.15) is 0 Å². The molecule has 0 fully saturated rings. The smallest absolute Gasteiger partial charge is 0.306 e. The van der Waals surface area contributed by atoms with Crippen molar-refractivity contribution in [1.29, 1.82) is 0 Å². The lowest BCUT2D eigenvalue weighted by Gasteiger charge is -2.18. The summed E-state index contributed by atoms with van der Waals surface area (Å²) >= 11 is 0. The Morgan fingerprint density at radius 2 is 0.562 bits per heavy atom. The van der Waals surface area contributed by atoms with Crippen molar-refractivity contribution in [1.82, 2.24) is 0 Å². The lowest BCUT2D eigenvalue weighted by molar-refractivity contribution is -0.167. The third-order valence-electron chi connectivity index (χ3n) is 12.1. The first-order chi connectivity index (χ1) is 36.0. The van der Waals surface area contributed by atoms with Gasteiger partial charge in [0.05, 0.1) is 0 Å². The van der Waals surface area contributed by atoms with E-state index in [0.29, 0.717) is 19.3 Å². The van der Waals surface area contributed by atoms with Crippen LogP contribution in [0.5, 0.6) is 0 Å². The zero-order chi connectivity index (χ0) is 52.9. The van der Waals surface area contributed by atoms with Crippen molar-refractivity contribution in [3.05, 3.63) is 134 Å². The highest BCUT2D eigenvalue weighted by Crippen LogP contribution is 2.13. The van der Waals surface area contributed by atoms with Gasteiger partial charge >= 0.3 is 17.9 Å². The highest BCUT2D eigenvalue weighted by atomic mass is 16.6. The van der Waals surface area contributed by atoms with Gasteiger partial charge in [-0.05, 0) is 135 Å². The molecule has 0 amide bonds. The van der Waals surface area contributed by atoms with E-state index in [1.54, 1.807) is 0 Å². The molecule has 6 nitrogen and oxygen atoms in total. The maximum Gasteiger partial charge on any atom is 0.306 e. The Bertz CT molecular complexity index is 1580. The topological polar surface area (TPSA) is 78.9 Å². The minimum atomic E-state index is -0.796. The number of hydrogen-bond acceptors (Lipinski definition) is 6. The minimum Gasteiger partial charge on any atom is -0.462 e. The molecule has 0 aliphatic heterocycles. The molecule has 0 radical (unpaired) electrons. The molecule has 0 N–H and O–H groups in total. The summed E-state index contributed by atoms with van der Waals surface area (Å²) in [6, 6.07) is 0. The summed E-state index contributed by atoms with van der Waals surface area (Å²) in [6.45, 7) is 6.39. The predicted octanol–water partition coefficient (Wildman–Crippen LogP) is 20.2. The van der Waals surface area contributed by atoms with Crippen LogP contribution in [-0.2, 0) is 28.6 Å². The summed E-state index contributed by atoms with van der Waals surface area (Å²) in [7, 11) is 0. The molecule has 412 valence electrons. The van der Waals surface area contributed by atoms with Crippen LogP contribution in [0.25, 0.3) is 0 Å². The van der Waals surface area contributed by atoms with E-state index in [2.05, 4.69) is 154 Å². The molecule has 6 heteroatoms. The van der Waals surface area contributed by atoms with Crippen LogP contribution in [0.3, 0.4) is 0 Å². The fraction of sp³-hybridized carbons (Fsp3) is 0.627. The van der Waals surface area contributed by atoms with Crippen molar-refractivity contribution < 1.29 is 28.6 Å². The molecule has 0 aromatic heterocycles. The van der Waals surface area contributed by atoms with Gasteiger partial charge in [0.1, 0.15) is 13.2 Å². The zero-order valence-electron chi connectivity index (χ0n) is 47.1.